The van der Waals surface area contributed by atoms with Gasteiger partial charge in [0.05, 0.1) is 28.8 Å². The topological polar surface area (TPSA) is 64.0 Å². The van der Waals surface area contributed by atoms with Gasteiger partial charge in [-0.1, -0.05) is 11.6 Å². The van der Waals surface area contributed by atoms with E-state index < -0.39 is 0 Å². The number of rotatable bonds is 3. The fourth-order valence-electron chi connectivity index (χ4n) is 2.43. The van der Waals surface area contributed by atoms with Crippen LogP contribution in [0.15, 0.2) is 18.6 Å². The van der Waals surface area contributed by atoms with Crippen LogP contribution >= 0.6 is 11.6 Å². The van der Waals surface area contributed by atoms with Crippen molar-refractivity contribution in [2.45, 2.75) is 32.8 Å². The van der Waals surface area contributed by atoms with E-state index in [2.05, 4.69) is 24.8 Å². The summed E-state index contributed by atoms with van der Waals surface area (Å²) in [5.74, 6) is 1.36. The number of hydrogen-bond acceptors (Lipinski definition) is 6. The zero-order chi connectivity index (χ0) is 15.5. The lowest BCUT2D eigenvalue weighted by atomic mass is 10.1. The highest BCUT2D eigenvalue weighted by atomic mass is 35.5. The van der Waals surface area contributed by atoms with Gasteiger partial charge >= 0.3 is 0 Å². The standard InChI is InChI=1S/C15H18ClN5O/c1-10-7-17-11(2)14(20-10)22-13-3-5-21(6-4-13)15-18-8-12(16)9-19-15/h7-9,13H,3-6H2,1-2H3. The van der Waals surface area contributed by atoms with Crippen molar-refractivity contribution in [1.29, 1.82) is 0 Å². The predicted octanol–water partition coefficient (Wildman–Crippen LogP) is 2.58. The van der Waals surface area contributed by atoms with Crippen molar-refractivity contribution in [2.75, 3.05) is 18.0 Å². The largest absolute Gasteiger partial charge is 0.473 e. The van der Waals surface area contributed by atoms with Crippen LogP contribution in [0.1, 0.15) is 24.2 Å². The maximum Gasteiger partial charge on any atom is 0.235 e. The molecule has 2 aromatic rings. The Morgan fingerprint density at radius 2 is 1.77 bits per heavy atom. The highest BCUT2D eigenvalue weighted by molar-refractivity contribution is 6.30. The minimum atomic E-state index is 0.151. The summed E-state index contributed by atoms with van der Waals surface area (Å²) in [6, 6.07) is 0. The summed E-state index contributed by atoms with van der Waals surface area (Å²) >= 11 is 5.82. The molecule has 0 saturated carbocycles. The van der Waals surface area contributed by atoms with Crippen LogP contribution in [0.2, 0.25) is 5.02 Å². The third-order valence-electron chi connectivity index (χ3n) is 3.64. The van der Waals surface area contributed by atoms with Crippen molar-refractivity contribution in [1.82, 2.24) is 19.9 Å². The number of ether oxygens (including phenoxy) is 1. The van der Waals surface area contributed by atoms with Crippen LogP contribution in [0.3, 0.4) is 0 Å². The summed E-state index contributed by atoms with van der Waals surface area (Å²) in [5.41, 5.74) is 1.70. The van der Waals surface area contributed by atoms with Crippen molar-refractivity contribution >= 4 is 17.5 Å². The molecule has 7 heteroatoms. The zero-order valence-corrected chi connectivity index (χ0v) is 13.4. The predicted molar refractivity (Wildman–Crippen MR) is 84.4 cm³/mol. The van der Waals surface area contributed by atoms with E-state index in [0.29, 0.717) is 10.9 Å². The Labute approximate surface area is 134 Å². The van der Waals surface area contributed by atoms with E-state index in [0.717, 1.165) is 43.3 Å². The number of aromatic nitrogens is 4. The molecule has 0 spiro atoms. The van der Waals surface area contributed by atoms with E-state index in [1.807, 2.05) is 13.8 Å². The summed E-state index contributed by atoms with van der Waals surface area (Å²) in [5, 5.41) is 0.551. The van der Waals surface area contributed by atoms with Crippen LogP contribution in [0.4, 0.5) is 5.95 Å². The zero-order valence-electron chi connectivity index (χ0n) is 12.7. The fourth-order valence-corrected chi connectivity index (χ4v) is 2.52. The van der Waals surface area contributed by atoms with E-state index in [-0.39, 0.29) is 6.10 Å². The van der Waals surface area contributed by atoms with Crippen LogP contribution in [-0.2, 0) is 0 Å². The summed E-state index contributed by atoms with van der Waals surface area (Å²) in [4.78, 5) is 19.4. The lowest BCUT2D eigenvalue weighted by Gasteiger charge is -2.32. The minimum absolute atomic E-state index is 0.151. The number of halogens is 1. The highest BCUT2D eigenvalue weighted by Crippen LogP contribution is 2.21. The second-order valence-corrected chi connectivity index (χ2v) is 5.84. The van der Waals surface area contributed by atoms with Gasteiger partial charge in [-0.05, 0) is 13.8 Å². The lowest BCUT2D eigenvalue weighted by Crippen LogP contribution is -2.39. The van der Waals surface area contributed by atoms with Crippen LogP contribution < -0.4 is 9.64 Å². The van der Waals surface area contributed by atoms with E-state index in [1.54, 1.807) is 18.6 Å². The van der Waals surface area contributed by atoms with Gasteiger partial charge in [0.1, 0.15) is 6.10 Å². The molecule has 3 rings (SSSR count). The van der Waals surface area contributed by atoms with Crippen molar-refractivity contribution in [2.24, 2.45) is 0 Å². The summed E-state index contributed by atoms with van der Waals surface area (Å²) < 4.78 is 6.01. The van der Waals surface area contributed by atoms with Crippen LogP contribution in [0.25, 0.3) is 0 Å². The van der Waals surface area contributed by atoms with E-state index in [1.165, 1.54) is 0 Å². The minimum Gasteiger partial charge on any atom is -0.473 e. The fraction of sp³-hybridized carbons (Fsp3) is 0.467. The SMILES string of the molecule is Cc1cnc(C)c(OC2CCN(c3ncc(Cl)cn3)CC2)n1. The number of nitrogens with zero attached hydrogens (tertiary/aromatic N) is 5. The molecule has 22 heavy (non-hydrogen) atoms. The number of anilines is 1. The molecule has 0 aliphatic carbocycles. The Morgan fingerprint density at radius 3 is 2.45 bits per heavy atom. The molecule has 0 bridgehead atoms. The maximum atomic E-state index is 6.01. The number of aryl methyl sites for hydroxylation is 2. The molecule has 1 aliphatic heterocycles. The van der Waals surface area contributed by atoms with Crippen molar-refractivity contribution in [3.63, 3.8) is 0 Å². The first-order valence-electron chi connectivity index (χ1n) is 7.31. The Morgan fingerprint density at radius 1 is 1.09 bits per heavy atom. The molecule has 0 radical (unpaired) electrons. The van der Waals surface area contributed by atoms with E-state index in [9.17, 15) is 0 Å². The first-order valence-corrected chi connectivity index (χ1v) is 7.69. The maximum absolute atomic E-state index is 6.01. The number of piperidine rings is 1. The molecule has 1 saturated heterocycles. The number of hydrogen-bond donors (Lipinski definition) is 0. The molecule has 1 fully saturated rings. The van der Waals surface area contributed by atoms with Gasteiger partial charge in [0.25, 0.3) is 0 Å². The van der Waals surface area contributed by atoms with Gasteiger partial charge in [-0.3, -0.25) is 4.98 Å². The first kappa shape index (κ1) is 15.0. The smallest absolute Gasteiger partial charge is 0.235 e. The molecule has 0 N–H and O–H groups in total. The van der Waals surface area contributed by atoms with Crippen LogP contribution in [0, 0.1) is 13.8 Å². The van der Waals surface area contributed by atoms with Gasteiger partial charge < -0.3 is 9.64 Å². The van der Waals surface area contributed by atoms with Gasteiger partial charge in [-0.2, -0.15) is 0 Å². The van der Waals surface area contributed by atoms with E-state index in [4.69, 9.17) is 16.3 Å². The molecular formula is C15H18ClN5O. The first-order chi connectivity index (χ1) is 10.6. The quantitative estimate of drug-likeness (QED) is 0.866. The van der Waals surface area contributed by atoms with Gasteiger partial charge in [0, 0.05) is 32.1 Å². The molecule has 0 unspecified atom stereocenters. The van der Waals surface area contributed by atoms with Crippen LogP contribution in [0.5, 0.6) is 5.88 Å². The van der Waals surface area contributed by atoms with Gasteiger partial charge in [-0.25, -0.2) is 15.0 Å². The third-order valence-corrected chi connectivity index (χ3v) is 3.84. The molecule has 6 nitrogen and oxygen atoms in total. The lowest BCUT2D eigenvalue weighted by molar-refractivity contribution is 0.161. The molecule has 0 atom stereocenters. The monoisotopic (exact) mass is 319 g/mol. The summed E-state index contributed by atoms with van der Waals surface area (Å²) in [7, 11) is 0. The van der Waals surface area contributed by atoms with E-state index >= 15 is 0 Å². The second-order valence-electron chi connectivity index (χ2n) is 5.41. The molecule has 0 amide bonds. The summed E-state index contributed by atoms with van der Waals surface area (Å²) in [6.07, 6.45) is 6.96. The Hall–Kier alpha value is -1.95. The van der Waals surface area contributed by atoms with Gasteiger partial charge in [0.2, 0.25) is 11.8 Å². The average molecular weight is 320 g/mol. The Kier molecular flexibility index (Phi) is 4.38. The van der Waals surface area contributed by atoms with Gasteiger partial charge in [0.15, 0.2) is 0 Å². The average Bonchev–Trinajstić information content (AvgIpc) is 2.53. The van der Waals surface area contributed by atoms with Crippen LogP contribution in [-0.4, -0.2) is 39.1 Å². The summed E-state index contributed by atoms with van der Waals surface area (Å²) in [6.45, 7) is 5.54. The molecule has 3 heterocycles. The molecule has 2 aromatic heterocycles. The van der Waals surface area contributed by atoms with Crippen molar-refractivity contribution in [3.8, 4) is 5.88 Å². The molecule has 0 aromatic carbocycles. The molecular weight excluding hydrogens is 302 g/mol. The highest BCUT2D eigenvalue weighted by Gasteiger charge is 2.23. The Balaban J connectivity index is 1.60. The van der Waals surface area contributed by atoms with Gasteiger partial charge in [-0.15, -0.1) is 0 Å². The second kappa shape index (κ2) is 6.44. The Bertz CT molecular complexity index is 641. The molecule has 116 valence electrons. The van der Waals surface area contributed by atoms with Crippen molar-refractivity contribution < 1.29 is 4.74 Å². The van der Waals surface area contributed by atoms with Crippen molar-refractivity contribution in [3.05, 3.63) is 35.0 Å². The third kappa shape index (κ3) is 3.44. The normalized spacial score (nSPS) is 15.9. The molecule has 1 aliphatic rings.